The van der Waals surface area contributed by atoms with Crippen LogP contribution >= 0.6 is 11.8 Å². The van der Waals surface area contributed by atoms with E-state index in [1.807, 2.05) is 30.3 Å². The lowest BCUT2D eigenvalue weighted by Gasteiger charge is -2.09. The standard InChI is InChI=1S/C21H23N5O2S/c1-4-14(2)16-8-10-17(11-9-16)20(28)13-29-21-23-24-25-26(21)19-7-5-6-18(12-19)22-15(3)27/h5-12,14H,4,13H2,1-3H3,(H,22,27). The highest BCUT2D eigenvalue weighted by Gasteiger charge is 2.14. The van der Waals surface area contributed by atoms with Gasteiger partial charge in [0.2, 0.25) is 11.1 Å². The van der Waals surface area contributed by atoms with Gasteiger partial charge >= 0.3 is 0 Å². The molecule has 1 unspecified atom stereocenters. The fourth-order valence-electron chi connectivity index (χ4n) is 2.80. The molecule has 7 nitrogen and oxygen atoms in total. The third-order valence-electron chi connectivity index (χ3n) is 4.60. The molecule has 0 saturated carbocycles. The van der Waals surface area contributed by atoms with Crippen LogP contribution in [0.1, 0.15) is 49.0 Å². The minimum absolute atomic E-state index is 0.0206. The van der Waals surface area contributed by atoms with Gasteiger partial charge in [-0.25, -0.2) is 0 Å². The van der Waals surface area contributed by atoms with Crippen molar-refractivity contribution in [3.05, 3.63) is 59.7 Å². The van der Waals surface area contributed by atoms with Crippen molar-refractivity contribution in [2.45, 2.75) is 38.3 Å². The molecule has 3 rings (SSSR count). The number of tetrazole rings is 1. The molecule has 1 amide bonds. The van der Waals surface area contributed by atoms with Crippen LogP contribution in [0.2, 0.25) is 0 Å². The van der Waals surface area contributed by atoms with Crippen molar-refractivity contribution in [2.75, 3.05) is 11.1 Å². The molecule has 1 atom stereocenters. The molecule has 1 N–H and O–H groups in total. The first kappa shape index (κ1) is 20.7. The Balaban J connectivity index is 1.69. The second-order valence-electron chi connectivity index (χ2n) is 6.75. The Morgan fingerprint density at radius 3 is 2.62 bits per heavy atom. The van der Waals surface area contributed by atoms with Crippen molar-refractivity contribution < 1.29 is 9.59 Å². The molecule has 0 aliphatic rings. The highest BCUT2D eigenvalue weighted by molar-refractivity contribution is 7.99. The van der Waals surface area contributed by atoms with E-state index in [-0.39, 0.29) is 17.4 Å². The third kappa shape index (κ3) is 5.29. The molecule has 0 bridgehead atoms. The average molecular weight is 410 g/mol. The molecule has 2 aromatic carbocycles. The number of hydrogen-bond acceptors (Lipinski definition) is 6. The SMILES string of the molecule is CCC(C)c1ccc(C(=O)CSc2nnnn2-c2cccc(NC(C)=O)c2)cc1. The van der Waals surface area contributed by atoms with E-state index < -0.39 is 0 Å². The maximum atomic E-state index is 12.6. The first-order chi connectivity index (χ1) is 14.0. The van der Waals surface area contributed by atoms with Gasteiger partial charge in [0.25, 0.3) is 0 Å². The van der Waals surface area contributed by atoms with Crippen LogP contribution in [0.4, 0.5) is 5.69 Å². The Kier molecular flexibility index (Phi) is 6.77. The second kappa shape index (κ2) is 9.47. The lowest BCUT2D eigenvalue weighted by atomic mass is 9.97. The largest absolute Gasteiger partial charge is 0.326 e. The van der Waals surface area contributed by atoms with E-state index in [9.17, 15) is 9.59 Å². The highest BCUT2D eigenvalue weighted by atomic mass is 32.2. The van der Waals surface area contributed by atoms with Gasteiger partial charge in [0.05, 0.1) is 11.4 Å². The molecule has 29 heavy (non-hydrogen) atoms. The van der Waals surface area contributed by atoms with E-state index >= 15 is 0 Å². The van der Waals surface area contributed by atoms with Crippen molar-refractivity contribution in [1.82, 2.24) is 20.2 Å². The van der Waals surface area contributed by atoms with E-state index in [0.717, 1.165) is 6.42 Å². The minimum atomic E-state index is -0.154. The quantitative estimate of drug-likeness (QED) is 0.445. The summed E-state index contributed by atoms with van der Waals surface area (Å²) in [6.45, 7) is 5.77. The van der Waals surface area contributed by atoms with Gasteiger partial charge in [0.15, 0.2) is 5.78 Å². The number of ketones is 1. The summed E-state index contributed by atoms with van der Waals surface area (Å²) in [5.41, 5.74) is 3.27. The topological polar surface area (TPSA) is 89.8 Å². The zero-order valence-corrected chi connectivity index (χ0v) is 17.4. The van der Waals surface area contributed by atoms with Crippen LogP contribution in [0, 0.1) is 0 Å². The zero-order valence-electron chi connectivity index (χ0n) is 16.6. The molecule has 0 radical (unpaired) electrons. The van der Waals surface area contributed by atoms with Crippen molar-refractivity contribution >= 4 is 29.1 Å². The fourth-order valence-corrected chi connectivity index (χ4v) is 3.58. The summed E-state index contributed by atoms with van der Waals surface area (Å²) in [6, 6.07) is 15.0. The number of carbonyl (C=O) groups is 2. The Morgan fingerprint density at radius 1 is 1.17 bits per heavy atom. The summed E-state index contributed by atoms with van der Waals surface area (Å²) < 4.78 is 1.55. The Hall–Kier alpha value is -3.00. The van der Waals surface area contributed by atoms with E-state index in [1.54, 1.807) is 22.9 Å². The molecule has 0 fully saturated rings. The molecule has 0 saturated heterocycles. The first-order valence-corrected chi connectivity index (χ1v) is 10.4. The van der Waals surface area contributed by atoms with Crippen molar-refractivity contribution in [1.29, 1.82) is 0 Å². The lowest BCUT2D eigenvalue weighted by molar-refractivity contribution is -0.114. The molecule has 1 heterocycles. The molecule has 0 aliphatic heterocycles. The van der Waals surface area contributed by atoms with Crippen LogP contribution in [0.25, 0.3) is 5.69 Å². The summed E-state index contributed by atoms with van der Waals surface area (Å²) in [5.74, 6) is 0.575. The smallest absolute Gasteiger partial charge is 0.221 e. The molecular weight excluding hydrogens is 386 g/mol. The van der Waals surface area contributed by atoms with Crippen LogP contribution in [-0.4, -0.2) is 37.7 Å². The number of thioether (sulfide) groups is 1. The Morgan fingerprint density at radius 2 is 1.93 bits per heavy atom. The van der Waals surface area contributed by atoms with E-state index in [2.05, 4.69) is 34.7 Å². The normalized spacial score (nSPS) is 11.8. The number of Topliss-reactive ketones (excluding diaryl/α,β-unsaturated/α-hetero) is 1. The highest BCUT2D eigenvalue weighted by Crippen LogP contribution is 2.23. The van der Waals surface area contributed by atoms with E-state index in [1.165, 1.54) is 24.2 Å². The van der Waals surface area contributed by atoms with Crippen molar-refractivity contribution in [3.8, 4) is 5.69 Å². The van der Waals surface area contributed by atoms with Crippen LogP contribution in [0.3, 0.4) is 0 Å². The molecule has 150 valence electrons. The van der Waals surface area contributed by atoms with Crippen LogP contribution < -0.4 is 5.32 Å². The fraction of sp³-hybridized carbons (Fsp3) is 0.286. The molecule has 3 aromatic rings. The van der Waals surface area contributed by atoms with Gasteiger partial charge in [-0.2, -0.15) is 4.68 Å². The number of aromatic nitrogens is 4. The number of amides is 1. The number of nitrogens with one attached hydrogen (secondary N) is 1. The third-order valence-corrected chi connectivity index (χ3v) is 5.52. The minimum Gasteiger partial charge on any atom is -0.326 e. The predicted molar refractivity (Wildman–Crippen MR) is 114 cm³/mol. The number of nitrogens with zero attached hydrogens (tertiary/aromatic N) is 4. The van der Waals surface area contributed by atoms with E-state index in [4.69, 9.17) is 0 Å². The summed E-state index contributed by atoms with van der Waals surface area (Å²) in [6.07, 6.45) is 1.06. The maximum absolute atomic E-state index is 12.6. The van der Waals surface area contributed by atoms with Gasteiger partial charge in [-0.05, 0) is 46.5 Å². The zero-order chi connectivity index (χ0) is 20.8. The lowest BCUT2D eigenvalue weighted by Crippen LogP contribution is -2.07. The summed E-state index contributed by atoms with van der Waals surface area (Å²) in [7, 11) is 0. The summed E-state index contributed by atoms with van der Waals surface area (Å²) >= 11 is 1.28. The number of hydrogen-bond donors (Lipinski definition) is 1. The number of rotatable bonds is 8. The van der Waals surface area contributed by atoms with E-state index in [0.29, 0.717) is 28.0 Å². The number of carbonyl (C=O) groups excluding carboxylic acids is 2. The summed E-state index contributed by atoms with van der Waals surface area (Å²) in [4.78, 5) is 23.8. The van der Waals surface area contributed by atoms with Crippen molar-refractivity contribution in [3.63, 3.8) is 0 Å². The van der Waals surface area contributed by atoms with Crippen LogP contribution in [-0.2, 0) is 4.79 Å². The molecule has 1 aromatic heterocycles. The Bertz CT molecular complexity index is 1000. The molecule has 0 aliphatic carbocycles. The van der Waals surface area contributed by atoms with Gasteiger partial charge in [-0.15, -0.1) is 5.10 Å². The number of anilines is 1. The predicted octanol–water partition coefficient (Wildman–Crippen LogP) is 4.11. The van der Waals surface area contributed by atoms with Gasteiger partial charge in [-0.1, -0.05) is 55.9 Å². The van der Waals surface area contributed by atoms with Gasteiger partial charge in [0.1, 0.15) is 0 Å². The van der Waals surface area contributed by atoms with Crippen LogP contribution in [0.15, 0.2) is 53.7 Å². The van der Waals surface area contributed by atoms with Crippen molar-refractivity contribution in [2.24, 2.45) is 0 Å². The molecule has 0 spiro atoms. The molecular formula is C21H23N5O2S. The van der Waals surface area contributed by atoms with Gasteiger partial charge in [-0.3, -0.25) is 9.59 Å². The maximum Gasteiger partial charge on any atom is 0.221 e. The number of benzene rings is 2. The van der Waals surface area contributed by atoms with Gasteiger partial charge < -0.3 is 5.32 Å². The van der Waals surface area contributed by atoms with Gasteiger partial charge in [0, 0.05) is 18.2 Å². The van der Waals surface area contributed by atoms with Crippen LogP contribution in [0.5, 0.6) is 0 Å². The Labute approximate surface area is 173 Å². The average Bonchev–Trinajstić information content (AvgIpc) is 3.20. The second-order valence-corrected chi connectivity index (χ2v) is 7.69. The first-order valence-electron chi connectivity index (χ1n) is 9.40. The monoisotopic (exact) mass is 409 g/mol. The summed E-state index contributed by atoms with van der Waals surface area (Å²) in [5, 5.41) is 15.0. The molecule has 8 heteroatoms.